The van der Waals surface area contributed by atoms with Crippen LogP contribution >= 0.6 is 9.24 Å². The van der Waals surface area contributed by atoms with Crippen molar-refractivity contribution in [1.82, 2.24) is 0 Å². The highest BCUT2D eigenvalue weighted by atomic mass is 31.0. The lowest BCUT2D eigenvalue weighted by molar-refractivity contribution is 0.625. The average molecular weight is 183 g/mol. The summed E-state index contributed by atoms with van der Waals surface area (Å²) in [5, 5.41) is 0. The molecule has 0 saturated carbocycles. The van der Waals surface area contributed by atoms with E-state index >= 15 is 0 Å². The Morgan fingerprint density at radius 2 is 2.25 bits per heavy atom. The molecule has 0 spiro atoms. The summed E-state index contributed by atoms with van der Waals surface area (Å²) in [5.41, 5.74) is 6.62. The number of nitrogens with two attached hydrogens (primary N) is 1. The second-order valence-corrected chi connectivity index (χ2v) is 2.89. The van der Waals surface area contributed by atoms with Crippen LogP contribution in [-0.2, 0) is 0 Å². The van der Waals surface area contributed by atoms with E-state index in [1.807, 2.05) is 6.08 Å². The van der Waals surface area contributed by atoms with Gasteiger partial charge in [0.1, 0.15) is 5.82 Å². The van der Waals surface area contributed by atoms with E-state index in [9.17, 15) is 4.39 Å². The summed E-state index contributed by atoms with van der Waals surface area (Å²) < 4.78 is 13.0. The van der Waals surface area contributed by atoms with Gasteiger partial charge in [0.05, 0.1) is 0 Å². The second-order valence-electron chi connectivity index (χ2n) is 2.42. The number of rotatable bonds is 2. The van der Waals surface area contributed by atoms with E-state index < -0.39 is 0 Å². The van der Waals surface area contributed by atoms with E-state index in [1.165, 1.54) is 6.07 Å². The van der Waals surface area contributed by atoms with Crippen molar-refractivity contribution in [3.63, 3.8) is 0 Å². The van der Waals surface area contributed by atoms with E-state index in [-0.39, 0.29) is 5.82 Å². The molecule has 0 radical (unpaired) electrons. The van der Waals surface area contributed by atoms with E-state index in [1.54, 1.807) is 18.2 Å². The Morgan fingerprint density at radius 3 is 2.92 bits per heavy atom. The lowest BCUT2D eigenvalue weighted by Crippen LogP contribution is -1.88. The molecule has 0 saturated heterocycles. The van der Waals surface area contributed by atoms with E-state index in [0.717, 1.165) is 6.16 Å². The summed E-state index contributed by atoms with van der Waals surface area (Å²) >= 11 is 0. The zero-order chi connectivity index (χ0) is 8.97. The highest BCUT2D eigenvalue weighted by molar-refractivity contribution is 7.16. The Hall–Kier alpha value is -0.880. The fourth-order valence-electron chi connectivity index (χ4n) is 0.885. The summed E-state index contributed by atoms with van der Waals surface area (Å²) in [4.78, 5) is 0. The van der Waals surface area contributed by atoms with E-state index in [4.69, 9.17) is 5.73 Å². The molecule has 3 heteroatoms. The number of hydrogen-bond donors (Lipinski definition) is 1. The molecular weight excluding hydrogens is 172 g/mol. The minimum absolute atomic E-state index is 0.237. The summed E-state index contributed by atoms with van der Waals surface area (Å²) in [5.74, 6) is -0.237. The minimum Gasteiger partial charge on any atom is -0.399 e. The average Bonchev–Trinajstić information content (AvgIpc) is 2.07. The van der Waals surface area contributed by atoms with Crippen molar-refractivity contribution in [2.45, 2.75) is 0 Å². The smallest absolute Gasteiger partial charge is 0.130 e. The molecule has 0 bridgehead atoms. The van der Waals surface area contributed by atoms with E-state index in [2.05, 4.69) is 9.24 Å². The third-order valence-corrected chi connectivity index (χ3v) is 1.73. The van der Waals surface area contributed by atoms with Gasteiger partial charge in [-0.25, -0.2) is 4.39 Å². The van der Waals surface area contributed by atoms with Gasteiger partial charge < -0.3 is 5.73 Å². The molecule has 1 unspecified atom stereocenters. The Bertz CT molecular complexity index is 297. The van der Waals surface area contributed by atoms with Crippen molar-refractivity contribution in [3.8, 4) is 0 Å². The highest BCUT2D eigenvalue weighted by Crippen LogP contribution is 2.13. The van der Waals surface area contributed by atoms with Crippen molar-refractivity contribution >= 4 is 21.0 Å². The predicted octanol–water partition coefficient (Wildman–Crippen LogP) is 2.30. The number of nitrogen functional groups attached to an aromatic ring is 1. The molecule has 0 aliphatic heterocycles. The summed E-state index contributed by atoms with van der Waals surface area (Å²) in [6.07, 6.45) is 4.40. The molecular formula is C9H11FNP. The van der Waals surface area contributed by atoms with Crippen LogP contribution in [0.3, 0.4) is 0 Å². The first-order valence-corrected chi connectivity index (χ1v) is 4.47. The molecule has 0 aromatic heterocycles. The zero-order valence-corrected chi connectivity index (χ0v) is 7.78. The molecule has 0 aliphatic carbocycles. The molecule has 0 heterocycles. The number of anilines is 1. The predicted molar refractivity (Wildman–Crippen MR) is 54.4 cm³/mol. The van der Waals surface area contributed by atoms with Gasteiger partial charge in [-0.2, -0.15) is 0 Å². The maximum absolute atomic E-state index is 13.0. The molecule has 12 heavy (non-hydrogen) atoms. The number of halogens is 1. The first-order valence-electron chi connectivity index (χ1n) is 3.65. The normalized spacial score (nSPS) is 10.8. The fraction of sp³-hybridized carbons (Fsp3) is 0.111. The molecule has 64 valence electrons. The molecule has 2 N–H and O–H groups in total. The van der Waals surface area contributed by atoms with Crippen molar-refractivity contribution in [3.05, 3.63) is 35.7 Å². The van der Waals surface area contributed by atoms with Crippen LogP contribution in [0.25, 0.3) is 6.08 Å². The van der Waals surface area contributed by atoms with Gasteiger partial charge in [-0.1, -0.05) is 12.2 Å². The number of allylic oxidation sites excluding steroid dienone is 1. The van der Waals surface area contributed by atoms with Crippen molar-refractivity contribution in [1.29, 1.82) is 0 Å². The van der Waals surface area contributed by atoms with Crippen molar-refractivity contribution in [2.24, 2.45) is 0 Å². The third kappa shape index (κ3) is 2.31. The lowest BCUT2D eigenvalue weighted by atomic mass is 10.2. The monoisotopic (exact) mass is 183 g/mol. The molecule has 0 aliphatic rings. The quantitative estimate of drug-likeness (QED) is 0.552. The van der Waals surface area contributed by atoms with Crippen LogP contribution in [0.2, 0.25) is 0 Å². The van der Waals surface area contributed by atoms with Crippen molar-refractivity contribution < 1.29 is 4.39 Å². The zero-order valence-electron chi connectivity index (χ0n) is 6.63. The van der Waals surface area contributed by atoms with Gasteiger partial charge in [-0.15, -0.1) is 9.24 Å². The van der Waals surface area contributed by atoms with Crippen LogP contribution < -0.4 is 5.73 Å². The Balaban J connectivity index is 2.97. The maximum atomic E-state index is 13.0. The van der Waals surface area contributed by atoms with Gasteiger partial charge in [0.2, 0.25) is 0 Å². The molecule has 0 fully saturated rings. The molecule has 0 amide bonds. The second kappa shape index (κ2) is 4.22. The topological polar surface area (TPSA) is 26.0 Å². The summed E-state index contributed by atoms with van der Waals surface area (Å²) in [6, 6.07) is 4.54. The molecule has 1 atom stereocenters. The van der Waals surface area contributed by atoms with Gasteiger partial charge in [0.15, 0.2) is 0 Å². The SMILES string of the molecule is Nc1ccc(F)c(/C=C/CP)c1. The lowest BCUT2D eigenvalue weighted by Gasteiger charge is -1.97. The van der Waals surface area contributed by atoms with E-state index in [0.29, 0.717) is 11.3 Å². The molecule has 1 aromatic rings. The molecule has 1 nitrogen and oxygen atoms in total. The van der Waals surface area contributed by atoms with Gasteiger partial charge in [0, 0.05) is 11.3 Å². The van der Waals surface area contributed by atoms with Gasteiger partial charge >= 0.3 is 0 Å². The first-order chi connectivity index (χ1) is 5.74. The molecule has 1 rings (SSSR count). The van der Waals surface area contributed by atoms with Crippen LogP contribution in [0, 0.1) is 5.82 Å². The van der Waals surface area contributed by atoms with Crippen LogP contribution in [0.4, 0.5) is 10.1 Å². The summed E-state index contributed by atoms with van der Waals surface area (Å²) in [7, 11) is 2.54. The van der Waals surface area contributed by atoms with Gasteiger partial charge in [0.25, 0.3) is 0 Å². The van der Waals surface area contributed by atoms with Crippen LogP contribution in [-0.4, -0.2) is 6.16 Å². The van der Waals surface area contributed by atoms with Gasteiger partial charge in [-0.3, -0.25) is 0 Å². The first kappa shape index (κ1) is 9.21. The summed E-state index contributed by atoms with van der Waals surface area (Å²) in [6.45, 7) is 0. The Labute approximate surface area is 73.7 Å². The fourth-order valence-corrected chi connectivity index (χ4v) is 1.02. The standard InChI is InChI=1S/C9H11FNP/c10-9-4-3-8(11)6-7(9)2-1-5-12/h1-4,6H,5,11-12H2/b2-1+. The number of benzene rings is 1. The third-order valence-electron chi connectivity index (χ3n) is 1.45. The van der Waals surface area contributed by atoms with Gasteiger partial charge in [-0.05, 0) is 24.4 Å². The highest BCUT2D eigenvalue weighted by Gasteiger charge is 1.96. The van der Waals surface area contributed by atoms with Crippen LogP contribution in [0.1, 0.15) is 5.56 Å². The number of hydrogen-bond acceptors (Lipinski definition) is 1. The maximum Gasteiger partial charge on any atom is 0.130 e. The molecule has 1 aromatic carbocycles. The minimum atomic E-state index is -0.237. The largest absolute Gasteiger partial charge is 0.399 e. The van der Waals surface area contributed by atoms with Crippen molar-refractivity contribution in [2.75, 3.05) is 11.9 Å². The Morgan fingerprint density at radius 1 is 1.50 bits per heavy atom. The Kier molecular flexibility index (Phi) is 3.24. The van der Waals surface area contributed by atoms with Crippen LogP contribution in [0.15, 0.2) is 24.3 Å². The van der Waals surface area contributed by atoms with Crippen LogP contribution in [0.5, 0.6) is 0 Å².